The van der Waals surface area contributed by atoms with Crippen LogP contribution in [0.15, 0.2) is 30.3 Å². The Morgan fingerprint density at radius 3 is 2.24 bits per heavy atom. The van der Waals surface area contributed by atoms with Gasteiger partial charge in [0.15, 0.2) is 12.0 Å². The highest BCUT2D eigenvalue weighted by atomic mass is 32.2. The Kier molecular flexibility index (Phi) is 4.69. The Bertz CT molecular complexity index is 570. The first-order chi connectivity index (χ1) is 9.83. The van der Waals surface area contributed by atoms with E-state index in [1.807, 2.05) is 44.2 Å². The summed E-state index contributed by atoms with van der Waals surface area (Å²) in [6.07, 6.45) is -0.314. The maximum absolute atomic E-state index is 11.4. The van der Waals surface area contributed by atoms with Crippen LogP contribution in [0.25, 0.3) is 0 Å². The number of nitrogens with zero attached hydrogens (tertiary/aromatic N) is 1. The summed E-state index contributed by atoms with van der Waals surface area (Å²) in [5.74, 6) is -0.843. The summed E-state index contributed by atoms with van der Waals surface area (Å²) in [7, 11) is -3.09. The Labute approximate surface area is 125 Å². The molecule has 0 aliphatic carbocycles. The van der Waals surface area contributed by atoms with Crippen molar-refractivity contribution in [1.29, 1.82) is 0 Å². The van der Waals surface area contributed by atoms with Crippen molar-refractivity contribution in [2.24, 2.45) is 0 Å². The van der Waals surface area contributed by atoms with Crippen molar-refractivity contribution >= 4 is 10.3 Å². The van der Waals surface area contributed by atoms with E-state index >= 15 is 0 Å². The van der Waals surface area contributed by atoms with Crippen molar-refractivity contribution in [2.45, 2.75) is 44.8 Å². The Hall–Kier alpha value is -0.990. The molecule has 2 unspecified atom stereocenters. The van der Waals surface area contributed by atoms with Crippen LogP contribution in [0.3, 0.4) is 0 Å². The molecule has 0 aromatic heterocycles. The van der Waals surface area contributed by atoms with Crippen molar-refractivity contribution in [3.8, 4) is 0 Å². The number of hydrogen-bond donors (Lipinski definition) is 1. The van der Waals surface area contributed by atoms with Crippen LogP contribution in [-0.2, 0) is 19.8 Å². The van der Waals surface area contributed by atoms with E-state index in [1.54, 1.807) is 0 Å². The van der Waals surface area contributed by atoms with Crippen LogP contribution in [0.2, 0.25) is 0 Å². The monoisotopic (exact) mass is 315 g/mol. The second-order valence-electron chi connectivity index (χ2n) is 5.07. The van der Waals surface area contributed by atoms with Crippen molar-refractivity contribution in [3.63, 3.8) is 0 Å². The van der Waals surface area contributed by atoms with Gasteiger partial charge in [-0.1, -0.05) is 44.2 Å². The van der Waals surface area contributed by atoms with Crippen LogP contribution < -0.4 is 0 Å². The third-order valence-electron chi connectivity index (χ3n) is 3.86. The Balaban J connectivity index is 2.39. The summed E-state index contributed by atoms with van der Waals surface area (Å²) >= 11 is 0. The number of ether oxygens (including phenoxy) is 2. The Morgan fingerprint density at radius 1 is 1.19 bits per heavy atom. The summed E-state index contributed by atoms with van der Waals surface area (Å²) in [4.78, 5) is 0. The summed E-state index contributed by atoms with van der Waals surface area (Å²) in [6.45, 7) is 3.84. The molecule has 1 saturated heterocycles. The molecule has 1 aromatic rings. The lowest BCUT2D eigenvalue weighted by atomic mass is 10.1. The summed E-state index contributed by atoms with van der Waals surface area (Å²) in [5.41, 5.74) is 0.807. The van der Waals surface area contributed by atoms with E-state index in [1.165, 1.54) is 7.05 Å². The molecule has 1 heterocycles. The molecule has 1 N–H and O–H groups in total. The average Bonchev–Trinajstić information content (AvgIpc) is 2.87. The molecule has 1 aliphatic heterocycles. The van der Waals surface area contributed by atoms with E-state index in [-0.39, 0.29) is 0 Å². The summed E-state index contributed by atoms with van der Waals surface area (Å²) in [5, 5.41) is 0. The summed E-state index contributed by atoms with van der Waals surface area (Å²) < 4.78 is 44.8. The maximum atomic E-state index is 11.4. The highest BCUT2D eigenvalue weighted by molar-refractivity contribution is 7.83. The van der Waals surface area contributed by atoms with Crippen LogP contribution in [0, 0.1) is 0 Å². The molecule has 0 saturated carbocycles. The predicted octanol–water partition coefficient (Wildman–Crippen LogP) is 2.35. The number of benzene rings is 1. The highest BCUT2D eigenvalue weighted by Gasteiger charge is 2.49. The third-order valence-corrected chi connectivity index (χ3v) is 4.80. The lowest BCUT2D eigenvalue weighted by Gasteiger charge is -2.26. The molecule has 0 spiro atoms. The molecule has 0 bridgehead atoms. The van der Waals surface area contributed by atoms with Gasteiger partial charge in [-0.05, 0) is 18.4 Å². The van der Waals surface area contributed by atoms with Gasteiger partial charge in [-0.3, -0.25) is 4.55 Å². The lowest BCUT2D eigenvalue weighted by molar-refractivity contribution is -0.186. The van der Waals surface area contributed by atoms with Gasteiger partial charge < -0.3 is 9.47 Å². The van der Waals surface area contributed by atoms with Crippen molar-refractivity contribution < 1.29 is 22.4 Å². The zero-order chi connectivity index (χ0) is 15.7. The minimum Gasteiger partial charge on any atom is -0.338 e. The van der Waals surface area contributed by atoms with E-state index in [0.29, 0.717) is 12.8 Å². The van der Waals surface area contributed by atoms with Crippen LogP contribution >= 0.6 is 0 Å². The molecule has 0 amide bonds. The molecule has 1 aliphatic rings. The van der Waals surface area contributed by atoms with E-state index in [2.05, 4.69) is 0 Å². The van der Waals surface area contributed by atoms with Gasteiger partial charge in [-0.2, -0.15) is 12.7 Å². The van der Waals surface area contributed by atoms with Crippen LogP contribution in [-0.4, -0.2) is 36.3 Å². The SMILES string of the molecule is CCC1(CC)OC(c2ccccc2)C(N(C)S(=O)(=O)O)O1. The smallest absolute Gasteiger partial charge is 0.337 e. The number of rotatable bonds is 5. The highest BCUT2D eigenvalue weighted by Crippen LogP contribution is 2.43. The third kappa shape index (κ3) is 3.27. The largest absolute Gasteiger partial charge is 0.338 e. The molecule has 2 rings (SSSR count). The quantitative estimate of drug-likeness (QED) is 0.844. The topological polar surface area (TPSA) is 76.1 Å². The average molecular weight is 315 g/mol. The van der Waals surface area contributed by atoms with Gasteiger partial charge in [-0.15, -0.1) is 0 Å². The minimum absolute atomic E-state index is 0.585. The summed E-state index contributed by atoms with van der Waals surface area (Å²) in [6, 6.07) is 9.26. The van der Waals surface area contributed by atoms with Crippen LogP contribution in [0.5, 0.6) is 0 Å². The van der Waals surface area contributed by atoms with Gasteiger partial charge in [0.25, 0.3) is 0 Å². The fourth-order valence-electron chi connectivity index (χ4n) is 2.45. The van der Waals surface area contributed by atoms with Crippen LogP contribution in [0.1, 0.15) is 38.4 Å². The molecule has 7 heteroatoms. The molecular formula is C14H21NO5S. The van der Waals surface area contributed by atoms with Crippen LogP contribution in [0.4, 0.5) is 0 Å². The van der Waals surface area contributed by atoms with Crippen molar-refractivity contribution in [3.05, 3.63) is 35.9 Å². The molecule has 1 aromatic carbocycles. The van der Waals surface area contributed by atoms with Gasteiger partial charge in [-0.25, -0.2) is 0 Å². The first-order valence-corrected chi connectivity index (χ1v) is 8.33. The zero-order valence-corrected chi connectivity index (χ0v) is 13.2. The first-order valence-electron chi connectivity index (χ1n) is 6.94. The van der Waals surface area contributed by atoms with Crippen molar-refractivity contribution in [2.75, 3.05) is 7.05 Å². The second-order valence-corrected chi connectivity index (χ2v) is 6.54. The Morgan fingerprint density at radius 2 is 1.76 bits per heavy atom. The number of likely N-dealkylation sites (N-methyl/N-ethyl adjacent to an activating group) is 1. The van der Waals surface area contributed by atoms with E-state index in [9.17, 15) is 13.0 Å². The fourth-order valence-corrected chi connectivity index (χ4v) is 2.87. The van der Waals surface area contributed by atoms with Crippen molar-refractivity contribution in [1.82, 2.24) is 4.31 Å². The van der Waals surface area contributed by atoms with Gasteiger partial charge in [0.2, 0.25) is 0 Å². The lowest BCUT2D eigenvalue weighted by Crippen LogP contribution is -2.40. The maximum Gasteiger partial charge on any atom is 0.337 e. The molecule has 2 atom stereocenters. The normalized spacial score (nSPS) is 25.4. The van der Waals surface area contributed by atoms with Gasteiger partial charge >= 0.3 is 10.3 Å². The molecule has 6 nitrogen and oxygen atoms in total. The van der Waals surface area contributed by atoms with E-state index in [0.717, 1.165) is 9.87 Å². The van der Waals surface area contributed by atoms with Gasteiger partial charge in [0, 0.05) is 7.05 Å². The zero-order valence-electron chi connectivity index (χ0n) is 12.4. The van der Waals surface area contributed by atoms with Gasteiger partial charge in [0.05, 0.1) is 0 Å². The van der Waals surface area contributed by atoms with E-state index < -0.39 is 28.4 Å². The molecule has 1 fully saturated rings. The van der Waals surface area contributed by atoms with E-state index in [4.69, 9.17) is 9.47 Å². The predicted molar refractivity (Wildman–Crippen MR) is 77.8 cm³/mol. The molecular weight excluding hydrogens is 294 g/mol. The standard InChI is InChI=1S/C14H21NO5S/c1-4-14(5-2)19-12(11-9-7-6-8-10-11)13(20-14)15(3)21(16,17)18/h6-10,12-13H,4-5H2,1-3H3,(H,16,17,18). The molecule has 0 radical (unpaired) electrons. The number of hydrogen-bond acceptors (Lipinski definition) is 4. The van der Waals surface area contributed by atoms with Gasteiger partial charge in [0.1, 0.15) is 6.10 Å². The second kappa shape index (κ2) is 6.02. The minimum atomic E-state index is -4.37. The molecule has 21 heavy (non-hydrogen) atoms. The molecule has 118 valence electrons. The fraction of sp³-hybridized carbons (Fsp3) is 0.571. The first kappa shape index (κ1) is 16.4.